The second-order valence-electron chi connectivity index (χ2n) is 5.25. The Morgan fingerprint density at radius 1 is 1.53 bits per heavy atom. The highest BCUT2D eigenvalue weighted by Crippen LogP contribution is 2.21. The van der Waals surface area contributed by atoms with E-state index in [9.17, 15) is 0 Å². The van der Waals surface area contributed by atoms with Gasteiger partial charge in [0.25, 0.3) is 0 Å². The minimum Gasteiger partial charge on any atom is -0.381 e. The first kappa shape index (κ1) is 14.3. The van der Waals surface area contributed by atoms with Gasteiger partial charge in [0.1, 0.15) is 0 Å². The third-order valence-corrected chi connectivity index (χ3v) is 3.64. The van der Waals surface area contributed by atoms with Gasteiger partial charge in [-0.25, -0.2) is 0 Å². The van der Waals surface area contributed by atoms with Gasteiger partial charge in [0.15, 0.2) is 0 Å². The van der Waals surface area contributed by atoms with E-state index in [4.69, 9.17) is 4.74 Å². The lowest BCUT2D eigenvalue weighted by molar-refractivity contribution is 0.0576. The molecule has 0 aliphatic carbocycles. The van der Waals surface area contributed by atoms with Crippen LogP contribution in [0.3, 0.4) is 0 Å². The van der Waals surface area contributed by atoms with Gasteiger partial charge >= 0.3 is 0 Å². The number of aromatic nitrogens is 1. The number of anilines is 1. The van der Waals surface area contributed by atoms with Crippen LogP contribution in [0.2, 0.25) is 0 Å². The van der Waals surface area contributed by atoms with Crippen molar-refractivity contribution >= 4 is 5.69 Å². The molecule has 1 aromatic heterocycles. The first-order valence-electron chi connectivity index (χ1n) is 7.23. The zero-order chi connectivity index (χ0) is 13.5. The first-order valence-corrected chi connectivity index (χ1v) is 7.23. The Balaban J connectivity index is 1.98. The number of hydrogen-bond acceptors (Lipinski definition) is 4. The summed E-state index contributed by atoms with van der Waals surface area (Å²) in [5.41, 5.74) is 2.55. The molecule has 1 saturated heterocycles. The summed E-state index contributed by atoms with van der Waals surface area (Å²) in [6, 6.07) is 2.11. The van der Waals surface area contributed by atoms with Gasteiger partial charge in [-0.1, -0.05) is 6.92 Å². The summed E-state index contributed by atoms with van der Waals surface area (Å²) in [5.74, 6) is 0.652. The topological polar surface area (TPSA) is 37.4 Å². The molecule has 1 atom stereocenters. The fraction of sp³-hybridized carbons (Fsp3) is 0.667. The van der Waals surface area contributed by atoms with Crippen LogP contribution < -0.4 is 10.2 Å². The number of pyridine rings is 1. The summed E-state index contributed by atoms with van der Waals surface area (Å²) in [6.45, 7) is 6.88. The Labute approximate surface area is 116 Å². The van der Waals surface area contributed by atoms with Crippen LogP contribution in [0.1, 0.15) is 25.3 Å². The Morgan fingerprint density at radius 3 is 3.16 bits per heavy atom. The van der Waals surface area contributed by atoms with Gasteiger partial charge in [-0.2, -0.15) is 0 Å². The normalized spacial score (nSPS) is 19.4. The van der Waals surface area contributed by atoms with Gasteiger partial charge in [0.2, 0.25) is 0 Å². The fourth-order valence-electron chi connectivity index (χ4n) is 2.63. The third-order valence-electron chi connectivity index (χ3n) is 3.64. The zero-order valence-electron chi connectivity index (χ0n) is 12.1. The Kier molecular flexibility index (Phi) is 5.61. The van der Waals surface area contributed by atoms with Crippen LogP contribution in [0.25, 0.3) is 0 Å². The van der Waals surface area contributed by atoms with Crippen molar-refractivity contribution in [3.8, 4) is 0 Å². The lowest BCUT2D eigenvalue weighted by atomic mass is 10.0. The largest absolute Gasteiger partial charge is 0.381 e. The van der Waals surface area contributed by atoms with E-state index in [1.54, 1.807) is 0 Å². The van der Waals surface area contributed by atoms with Crippen molar-refractivity contribution in [1.29, 1.82) is 0 Å². The quantitative estimate of drug-likeness (QED) is 0.852. The minimum atomic E-state index is 0.652. The molecule has 0 amide bonds. The standard InChI is InChI=1S/C15H25N3O/c1-3-16-9-14-10-17-7-6-15(14)18(2)11-13-5-4-8-19-12-13/h6-7,10,13,16H,3-5,8-9,11-12H2,1-2H3. The second-order valence-corrected chi connectivity index (χ2v) is 5.25. The maximum Gasteiger partial charge on any atom is 0.0511 e. The van der Waals surface area contributed by atoms with Gasteiger partial charge in [0, 0.05) is 50.4 Å². The maximum atomic E-state index is 5.56. The van der Waals surface area contributed by atoms with Gasteiger partial charge in [-0.05, 0) is 31.4 Å². The van der Waals surface area contributed by atoms with Crippen LogP contribution in [-0.4, -0.2) is 38.3 Å². The van der Waals surface area contributed by atoms with E-state index in [0.29, 0.717) is 5.92 Å². The molecule has 19 heavy (non-hydrogen) atoms. The fourth-order valence-corrected chi connectivity index (χ4v) is 2.63. The summed E-state index contributed by atoms with van der Waals surface area (Å²) in [7, 11) is 2.17. The molecule has 2 heterocycles. The summed E-state index contributed by atoms with van der Waals surface area (Å²) in [4.78, 5) is 6.58. The number of nitrogens with one attached hydrogen (secondary N) is 1. The lowest BCUT2D eigenvalue weighted by Gasteiger charge is -2.29. The molecule has 2 rings (SSSR count). The molecule has 0 aromatic carbocycles. The average molecular weight is 263 g/mol. The zero-order valence-corrected chi connectivity index (χ0v) is 12.1. The van der Waals surface area contributed by atoms with Gasteiger partial charge in [-0.15, -0.1) is 0 Å². The average Bonchev–Trinajstić information content (AvgIpc) is 2.46. The molecule has 1 aromatic rings. The Bertz CT molecular complexity index is 377. The molecule has 1 unspecified atom stereocenters. The van der Waals surface area contributed by atoms with E-state index in [-0.39, 0.29) is 0 Å². The van der Waals surface area contributed by atoms with Gasteiger partial charge in [-0.3, -0.25) is 4.98 Å². The third kappa shape index (κ3) is 4.18. The molecular formula is C15H25N3O. The molecule has 1 fully saturated rings. The molecule has 106 valence electrons. The molecule has 4 nitrogen and oxygen atoms in total. The molecule has 0 saturated carbocycles. The number of hydrogen-bond donors (Lipinski definition) is 1. The number of nitrogens with zero attached hydrogens (tertiary/aromatic N) is 2. The smallest absolute Gasteiger partial charge is 0.0511 e. The van der Waals surface area contributed by atoms with Crippen LogP contribution >= 0.6 is 0 Å². The van der Waals surface area contributed by atoms with Crippen molar-refractivity contribution in [2.75, 3.05) is 38.3 Å². The first-order chi connectivity index (χ1) is 9.31. The molecular weight excluding hydrogens is 238 g/mol. The van der Waals surface area contributed by atoms with E-state index in [0.717, 1.165) is 32.8 Å². The minimum absolute atomic E-state index is 0.652. The van der Waals surface area contributed by atoms with E-state index >= 15 is 0 Å². The summed E-state index contributed by atoms with van der Waals surface area (Å²) in [6.07, 6.45) is 6.31. The number of ether oxygens (including phenoxy) is 1. The summed E-state index contributed by atoms with van der Waals surface area (Å²) >= 11 is 0. The van der Waals surface area contributed by atoms with Gasteiger partial charge < -0.3 is 15.0 Å². The predicted molar refractivity (Wildman–Crippen MR) is 78.4 cm³/mol. The highest BCUT2D eigenvalue weighted by Gasteiger charge is 2.17. The van der Waals surface area contributed by atoms with Crippen molar-refractivity contribution in [2.45, 2.75) is 26.3 Å². The number of rotatable bonds is 6. The van der Waals surface area contributed by atoms with Crippen LogP contribution in [-0.2, 0) is 11.3 Å². The molecule has 1 aliphatic heterocycles. The molecule has 0 radical (unpaired) electrons. The maximum absolute atomic E-state index is 5.56. The lowest BCUT2D eigenvalue weighted by Crippen LogP contribution is -2.31. The summed E-state index contributed by atoms with van der Waals surface area (Å²) < 4.78 is 5.56. The highest BCUT2D eigenvalue weighted by molar-refractivity contribution is 5.51. The second kappa shape index (κ2) is 7.46. The van der Waals surface area contributed by atoms with Crippen molar-refractivity contribution in [3.05, 3.63) is 24.0 Å². The van der Waals surface area contributed by atoms with Crippen molar-refractivity contribution < 1.29 is 4.74 Å². The van der Waals surface area contributed by atoms with Crippen molar-refractivity contribution in [1.82, 2.24) is 10.3 Å². The van der Waals surface area contributed by atoms with Gasteiger partial charge in [0.05, 0.1) is 6.61 Å². The molecule has 1 N–H and O–H groups in total. The van der Waals surface area contributed by atoms with Crippen LogP contribution in [0.5, 0.6) is 0 Å². The molecule has 1 aliphatic rings. The molecule has 0 spiro atoms. The Morgan fingerprint density at radius 2 is 2.42 bits per heavy atom. The van der Waals surface area contributed by atoms with Crippen LogP contribution in [0, 0.1) is 5.92 Å². The van der Waals surface area contributed by atoms with Crippen molar-refractivity contribution in [2.24, 2.45) is 5.92 Å². The monoisotopic (exact) mass is 263 g/mol. The van der Waals surface area contributed by atoms with E-state index in [1.165, 1.54) is 24.1 Å². The van der Waals surface area contributed by atoms with E-state index in [1.807, 2.05) is 12.4 Å². The summed E-state index contributed by atoms with van der Waals surface area (Å²) in [5, 5.41) is 3.37. The van der Waals surface area contributed by atoms with E-state index in [2.05, 4.69) is 35.2 Å². The SMILES string of the molecule is CCNCc1cnccc1N(C)CC1CCCOC1. The highest BCUT2D eigenvalue weighted by atomic mass is 16.5. The van der Waals surface area contributed by atoms with E-state index < -0.39 is 0 Å². The van der Waals surface area contributed by atoms with Crippen LogP contribution in [0.4, 0.5) is 5.69 Å². The molecule has 4 heteroatoms. The predicted octanol–water partition coefficient (Wildman–Crippen LogP) is 2.05. The Hall–Kier alpha value is -1.13. The molecule has 0 bridgehead atoms. The van der Waals surface area contributed by atoms with Crippen molar-refractivity contribution in [3.63, 3.8) is 0 Å². The van der Waals surface area contributed by atoms with Crippen LogP contribution in [0.15, 0.2) is 18.5 Å².